The Bertz CT molecular complexity index is 541. The van der Waals surface area contributed by atoms with Crippen LogP contribution in [0.25, 0.3) is 0 Å². The van der Waals surface area contributed by atoms with Gasteiger partial charge in [-0.2, -0.15) is 0 Å². The van der Waals surface area contributed by atoms with Crippen LogP contribution in [0.15, 0.2) is 22.4 Å². The Balaban J connectivity index is 2.35. The smallest absolute Gasteiger partial charge is 0.373 e. The zero-order valence-electron chi connectivity index (χ0n) is 10.1. The number of rotatable bonds is 2. The zero-order valence-corrected chi connectivity index (χ0v) is 12.5. The fraction of sp³-hybridized carbons (Fsp3) is 0.333. The SMILES string of the molecule is COC(=O)C1=CC(=O)C(C)(c2cc(Br)c(C)s2)O1. The summed E-state index contributed by atoms with van der Waals surface area (Å²) in [6.45, 7) is 3.59. The summed E-state index contributed by atoms with van der Waals surface area (Å²) in [4.78, 5) is 25.2. The minimum atomic E-state index is -1.13. The molecule has 18 heavy (non-hydrogen) atoms. The summed E-state index contributed by atoms with van der Waals surface area (Å²) >= 11 is 4.86. The van der Waals surface area contributed by atoms with Gasteiger partial charge in [0.25, 0.3) is 0 Å². The Morgan fingerprint density at radius 2 is 2.22 bits per heavy atom. The average molecular weight is 331 g/mol. The molecule has 6 heteroatoms. The minimum Gasteiger partial charge on any atom is -0.466 e. The van der Waals surface area contributed by atoms with E-state index < -0.39 is 11.6 Å². The molecule has 1 aliphatic heterocycles. The summed E-state index contributed by atoms with van der Waals surface area (Å²) < 4.78 is 11.0. The molecule has 0 fully saturated rings. The first-order chi connectivity index (χ1) is 8.38. The second-order valence-corrected chi connectivity index (χ2v) is 6.13. The standard InChI is InChI=1S/C12H11BrO4S/c1-6-7(13)4-10(18-6)12(2)9(14)5-8(17-12)11(15)16-3/h4-5H,1-3H3. The molecule has 0 spiro atoms. The number of carbonyl (C=O) groups excluding carboxylic acids is 2. The second-order valence-electron chi connectivity index (χ2n) is 4.01. The van der Waals surface area contributed by atoms with Crippen LogP contribution in [0.4, 0.5) is 0 Å². The van der Waals surface area contributed by atoms with Crippen molar-refractivity contribution in [1.82, 2.24) is 0 Å². The second kappa shape index (κ2) is 4.51. The van der Waals surface area contributed by atoms with E-state index in [1.807, 2.05) is 13.0 Å². The van der Waals surface area contributed by atoms with Crippen molar-refractivity contribution in [3.63, 3.8) is 0 Å². The summed E-state index contributed by atoms with van der Waals surface area (Å²) in [5.41, 5.74) is -1.13. The Morgan fingerprint density at radius 3 is 2.72 bits per heavy atom. The maximum atomic E-state index is 12.0. The Labute approximate surface area is 117 Å². The van der Waals surface area contributed by atoms with Gasteiger partial charge in [-0.05, 0) is 35.8 Å². The molecule has 1 aromatic heterocycles. The fourth-order valence-corrected chi connectivity index (χ4v) is 3.25. The van der Waals surface area contributed by atoms with Crippen molar-refractivity contribution in [2.75, 3.05) is 7.11 Å². The van der Waals surface area contributed by atoms with Gasteiger partial charge < -0.3 is 9.47 Å². The van der Waals surface area contributed by atoms with Crippen molar-refractivity contribution in [2.45, 2.75) is 19.4 Å². The third-order valence-electron chi connectivity index (χ3n) is 2.76. The third kappa shape index (κ3) is 1.99. The molecule has 0 amide bonds. The van der Waals surface area contributed by atoms with Crippen LogP contribution in [0.3, 0.4) is 0 Å². The summed E-state index contributed by atoms with van der Waals surface area (Å²) in [6, 6.07) is 1.84. The van der Waals surface area contributed by atoms with Crippen molar-refractivity contribution in [3.8, 4) is 0 Å². The van der Waals surface area contributed by atoms with Gasteiger partial charge in [0.1, 0.15) is 0 Å². The van der Waals surface area contributed by atoms with E-state index in [2.05, 4.69) is 20.7 Å². The largest absolute Gasteiger partial charge is 0.466 e. The average Bonchev–Trinajstić information content (AvgIpc) is 2.82. The van der Waals surface area contributed by atoms with E-state index in [1.54, 1.807) is 6.92 Å². The molecule has 0 aromatic carbocycles. The van der Waals surface area contributed by atoms with Crippen LogP contribution in [0.2, 0.25) is 0 Å². The van der Waals surface area contributed by atoms with Crippen molar-refractivity contribution in [3.05, 3.63) is 32.1 Å². The molecule has 0 saturated carbocycles. The van der Waals surface area contributed by atoms with Crippen molar-refractivity contribution < 1.29 is 19.1 Å². The van der Waals surface area contributed by atoms with Gasteiger partial charge in [0.2, 0.25) is 17.1 Å². The molecule has 0 bridgehead atoms. The summed E-state index contributed by atoms with van der Waals surface area (Å²) in [6.07, 6.45) is 1.19. The first-order valence-electron chi connectivity index (χ1n) is 5.18. The minimum absolute atomic E-state index is 0.0489. The first kappa shape index (κ1) is 13.3. The molecule has 1 aromatic rings. The first-order valence-corrected chi connectivity index (χ1v) is 6.79. The van der Waals surface area contributed by atoms with Gasteiger partial charge in [-0.1, -0.05) is 0 Å². The zero-order chi connectivity index (χ0) is 13.5. The molecule has 4 nitrogen and oxygen atoms in total. The van der Waals surface area contributed by atoms with Gasteiger partial charge in [0.05, 0.1) is 12.0 Å². The number of carbonyl (C=O) groups is 2. The van der Waals surface area contributed by atoms with E-state index in [9.17, 15) is 9.59 Å². The predicted octanol–water partition coefficient (Wildman–Crippen LogP) is 2.69. The molecule has 0 N–H and O–H groups in total. The van der Waals surface area contributed by atoms with E-state index >= 15 is 0 Å². The third-order valence-corrected chi connectivity index (χ3v) is 5.10. The van der Waals surface area contributed by atoms with Gasteiger partial charge in [0, 0.05) is 15.4 Å². The van der Waals surface area contributed by atoms with E-state index in [4.69, 9.17) is 4.74 Å². The summed E-state index contributed by atoms with van der Waals surface area (Å²) in [7, 11) is 1.25. The number of aryl methyl sites for hydroxylation is 1. The molecule has 2 heterocycles. The van der Waals surface area contributed by atoms with E-state index in [1.165, 1.54) is 24.5 Å². The molecule has 1 atom stereocenters. The number of ether oxygens (including phenoxy) is 2. The van der Waals surface area contributed by atoms with Crippen molar-refractivity contribution in [2.24, 2.45) is 0 Å². The predicted molar refractivity (Wildman–Crippen MR) is 70.3 cm³/mol. The number of methoxy groups -OCH3 is 1. The number of halogens is 1. The van der Waals surface area contributed by atoms with Crippen LogP contribution in [-0.4, -0.2) is 18.9 Å². The lowest BCUT2D eigenvalue weighted by molar-refractivity contribution is -0.144. The molecule has 2 rings (SSSR count). The Morgan fingerprint density at radius 1 is 1.56 bits per heavy atom. The number of thiophene rings is 1. The maximum absolute atomic E-state index is 12.0. The summed E-state index contributed by atoms with van der Waals surface area (Å²) in [5, 5.41) is 0. The maximum Gasteiger partial charge on any atom is 0.373 e. The van der Waals surface area contributed by atoms with Crippen LogP contribution in [-0.2, 0) is 24.7 Å². The van der Waals surface area contributed by atoms with Crippen molar-refractivity contribution >= 4 is 39.0 Å². The van der Waals surface area contributed by atoms with Crippen molar-refractivity contribution in [1.29, 1.82) is 0 Å². The summed E-state index contributed by atoms with van der Waals surface area (Å²) in [5.74, 6) is -0.941. The highest BCUT2D eigenvalue weighted by Crippen LogP contribution is 2.41. The highest BCUT2D eigenvalue weighted by Gasteiger charge is 2.45. The molecule has 0 radical (unpaired) electrons. The lowest BCUT2D eigenvalue weighted by Gasteiger charge is -2.21. The van der Waals surface area contributed by atoms with Crippen LogP contribution in [0, 0.1) is 6.92 Å². The molecule has 1 unspecified atom stereocenters. The highest BCUT2D eigenvalue weighted by atomic mass is 79.9. The Kier molecular flexibility index (Phi) is 3.33. The van der Waals surface area contributed by atoms with Crippen LogP contribution < -0.4 is 0 Å². The van der Waals surface area contributed by atoms with E-state index in [-0.39, 0.29) is 11.5 Å². The fourth-order valence-electron chi connectivity index (χ4n) is 1.62. The van der Waals surface area contributed by atoms with Gasteiger partial charge >= 0.3 is 5.97 Å². The van der Waals surface area contributed by atoms with Crippen LogP contribution in [0.5, 0.6) is 0 Å². The molecule has 0 saturated heterocycles. The van der Waals surface area contributed by atoms with E-state index in [0.717, 1.165) is 14.2 Å². The number of esters is 1. The van der Waals surface area contributed by atoms with Gasteiger partial charge in [-0.15, -0.1) is 11.3 Å². The topological polar surface area (TPSA) is 52.6 Å². The monoisotopic (exact) mass is 330 g/mol. The number of ketones is 1. The lowest BCUT2D eigenvalue weighted by atomic mass is 10.0. The quantitative estimate of drug-likeness (QED) is 0.782. The Hall–Kier alpha value is -1.14. The number of hydrogen-bond donors (Lipinski definition) is 0. The van der Waals surface area contributed by atoms with Crippen LogP contribution >= 0.6 is 27.3 Å². The number of hydrogen-bond acceptors (Lipinski definition) is 5. The van der Waals surface area contributed by atoms with Gasteiger partial charge in [-0.25, -0.2) is 4.79 Å². The molecule has 1 aliphatic rings. The molecule has 0 aliphatic carbocycles. The molecular formula is C12H11BrO4S. The normalized spacial score (nSPS) is 22.7. The van der Waals surface area contributed by atoms with Gasteiger partial charge in [0.15, 0.2) is 0 Å². The molecule has 96 valence electrons. The van der Waals surface area contributed by atoms with Crippen LogP contribution in [0.1, 0.15) is 16.7 Å². The lowest BCUT2D eigenvalue weighted by Crippen LogP contribution is -2.29. The molecular weight excluding hydrogens is 320 g/mol. The van der Waals surface area contributed by atoms with E-state index in [0.29, 0.717) is 0 Å². The van der Waals surface area contributed by atoms with Gasteiger partial charge in [-0.3, -0.25) is 4.79 Å². The highest BCUT2D eigenvalue weighted by molar-refractivity contribution is 9.10.